The van der Waals surface area contributed by atoms with Gasteiger partial charge < -0.3 is 9.88 Å². The zero-order chi connectivity index (χ0) is 14.1. The van der Waals surface area contributed by atoms with Crippen molar-refractivity contribution in [1.29, 1.82) is 0 Å². The highest BCUT2D eigenvalue weighted by Crippen LogP contribution is 2.26. The average molecular weight is 271 g/mol. The molecule has 1 unspecified atom stereocenters. The van der Waals surface area contributed by atoms with E-state index in [9.17, 15) is 4.79 Å². The van der Waals surface area contributed by atoms with Crippen molar-refractivity contribution in [3.05, 3.63) is 36.0 Å². The first-order valence-electron chi connectivity index (χ1n) is 7.19. The van der Waals surface area contributed by atoms with E-state index in [1.54, 1.807) is 0 Å². The van der Waals surface area contributed by atoms with Crippen LogP contribution in [0.3, 0.4) is 0 Å². The number of amides is 1. The number of nitrogens with one attached hydrogen (secondary N) is 1. The van der Waals surface area contributed by atoms with Crippen molar-refractivity contribution in [2.75, 3.05) is 27.2 Å². The molecule has 0 bridgehead atoms. The van der Waals surface area contributed by atoms with Crippen LogP contribution in [0.1, 0.15) is 24.6 Å². The molecule has 3 rings (SSSR count). The Morgan fingerprint density at radius 1 is 1.25 bits per heavy atom. The van der Waals surface area contributed by atoms with Gasteiger partial charge in [0.15, 0.2) is 0 Å². The summed E-state index contributed by atoms with van der Waals surface area (Å²) in [6.45, 7) is 1.78. The van der Waals surface area contributed by atoms with E-state index in [4.69, 9.17) is 0 Å². The fraction of sp³-hybridized carbons (Fsp3) is 0.438. The third-order valence-corrected chi connectivity index (χ3v) is 4.01. The summed E-state index contributed by atoms with van der Waals surface area (Å²) in [5.41, 5.74) is 2.07. The van der Waals surface area contributed by atoms with Crippen LogP contribution in [0, 0.1) is 0 Å². The van der Waals surface area contributed by atoms with Gasteiger partial charge in [0.2, 0.25) is 5.91 Å². The van der Waals surface area contributed by atoms with Gasteiger partial charge in [0.05, 0.1) is 0 Å². The predicted octanol–water partition coefficient (Wildman–Crippen LogP) is 2.39. The van der Waals surface area contributed by atoms with Gasteiger partial charge in [-0.3, -0.25) is 9.69 Å². The summed E-state index contributed by atoms with van der Waals surface area (Å²) in [5.74, 6) is 0.207. The summed E-state index contributed by atoms with van der Waals surface area (Å²) >= 11 is 0. The van der Waals surface area contributed by atoms with E-state index >= 15 is 0 Å². The molecule has 1 amide bonds. The third kappa shape index (κ3) is 2.31. The highest BCUT2D eigenvalue weighted by molar-refractivity contribution is 5.87. The van der Waals surface area contributed by atoms with Gasteiger partial charge in [0.25, 0.3) is 0 Å². The topological polar surface area (TPSA) is 39.3 Å². The second kappa shape index (κ2) is 5.29. The molecule has 0 spiro atoms. The first-order chi connectivity index (χ1) is 9.66. The summed E-state index contributed by atoms with van der Waals surface area (Å²) in [6, 6.07) is 10.0. The number of hydrogen-bond donors (Lipinski definition) is 1. The number of likely N-dealkylation sites (N-methyl/N-ethyl adjacent to an activating group) is 1. The monoisotopic (exact) mass is 271 g/mol. The highest BCUT2D eigenvalue weighted by atomic mass is 16.2. The Hall–Kier alpha value is -1.81. The molecule has 1 atom stereocenters. The Morgan fingerprint density at radius 2 is 1.95 bits per heavy atom. The zero-order valence-electron chi connectivity index (χ0n) is 12.1. The molecule has 4 heteroatoms. The SMILES string of the molecule is CN(C)C(C(=O)N1CCCC1)c1cc2ccccc2[nH]1. The first kappa shape index (κ1) is 13.2. The Bertz CT molecular complexity index is 578. The molecular weight excluding hydrogens is 250 g/mol. The van der Waals surface area contributed by atoms with E-state index in [0.29, 0.717) is 0 Å². The van der Waals surface area contributed by atoms with Crippen molar-refractivity contribution < 1.29 is 4.79 Å². The molecular formula is C16H21N3O. The normalized spacial score (nSPS) is 17.1. The summed E-state index contributed by atoms with van der Waals surface area (Å²) in [5, 5.41) is 1.16. The minimum atomic E-state index is -0.222. The Labute approximate surface area is 119 Å². The molecule has 0 saturated carbocycles. The van der Waals surface area contributed by atoms with Gasteiger partial charge in [-0.2, -0.15) is 0 Å². The summed E-state index contributed by atoms with van der Waals surface area (Å²) in [7, 11) is 3.92. The van der Waals surface area contributed by atoms with Gasteiger partial charge in [-0.1, -0.05) is 18.2 Å². The number of fused-ring (bicyclic) bond motifs is 1. The van der Waals surface area contributed by atoms with Crippen LogP contribution in [-0.4, -0.2) is 47.9 Å². The lowest BCUT2D eigenvalue weighted by atomic mass is 10.1. The van der Waals surface area contributed by atoms with Crippen molar-refractivity contribution in [1.82, 2.24) is 14.8 Å². The Morgan fingerprint density at radius 3 is 2.60 bits per heavy atom. The third-order valence-electron chi connectivity index (χ3n) is 4.01. The largest absolute Gasteiger partial charge is 0.357 e. The van der Waals surface area contributed by atoms with E-state index in [-0.39, 0.29) is 11.9 Å². The second-order valence-corrected chi connectivity index (χ2v) is 5.71. The standard InChI is InChI=1S/C16H21N3O/c1-18(2)15(16(20)19-9-5-6-10-19)14-11-12-7-3-4-8-13(12)17-14/h3-4,7-8,11,15,17H,5-6,9-10H2,1-2H3. The number of aromatic amines is 1. The summed E-state index contributed by atoms with van der Waals surface area (Å²) in [6.07, 6.45) is 2.25. The van der Waals surface area contributed by atoms with Crippen LogP contribution in [0.4, 0.5) is 0 Å². The molecule has 1 saturated heterocycles. The van der Waals surface area contributed by atoms with Crippen molar-refractivity contribution in [3.63, 3.8) is 0 Å². The van der Waals surface area contributed by atoms with E-state index < -0.39 is 0 Å². The molecule has 1 fully saturated rings. The lowest BCUT2D eigenvalue weighted by Crippen LogP contribution is -2.39. The van der Waals surface area contributed by atoms with Crippen LogP contribution in [0.15, 0.2) is 30.3 Å². The van der Waals surface area contributed by atoms with Crippen molar-refractivity contribution in [2.24, 2.45) is 0 Å². The maximum Gasteiger partial charge on any atom is 0.246 e. The number of hydrogen-bond acceptors (Lipinski definition) is 2. The van der Waals surface area contributed by atoms with E-state index in [0.717, 1.165) is 42.5 Å². The number of rotatable bonds is 3. The number of likely N-dealkylation sites (tertiary alicyclic amines) is 1. The molecule has 1 N–H and O–H groups in total. The summed E-state index contributed by atoms with van der Waals surface area (Å²) < 4.78 is 0. The molecule has 1 aliphatic rings. The van der Waals surface area contributed by atoms with E-state index in [1.165, 1.54) is 0 Å². The minimum Gasteiger partial charge on any atom is -0.357 e. The smallest absolute Gasteiger partial charge is 0.246 e. The van der Waals surface area contributed by atoms with Gasteiger partial charge in [-0.15, -0.1) is 0 Å². The number of para-hydroxylation sites is 1. The quantitative estimate of drug-likeness (QED) is 0.931. The Balaban J connectivity index is 1.95. The number of benzene rings is 1. The molecule has 1 aliphatic heterocycles. The molecule has 0 aliphatic carbocycles. The van der Waals surface area contributed by atoms with Crippen molar-refractivity contribution in [2.45, 2.75) is 18.9 Å². The maximum atomic E-state index is 12.7. The highest BCUT2D eigenvalue weighted by Gasteiger charge is 2.30. The average Bonchev–Trinajstić information content (AvgIpc) is 3.07. The van der Waals surface area contributed by atoms with Crippen LogP contribution < -0.4 is 0 Å². The van der Waals surface area contributed by atoms with E-state index in [2.05, 4.69) is 17.1 Å². The molecule has 4 nitrogen and oxygen atoms in total. The molecule has 0 radical (unpaired) electrons. The fourth-order valence-electron chi connectivity index (χ4n) is 2.99. The van der Waals surface area contributed by atoms with Gasteiger partial charge >= 0.3 is 0 Å². The fourth-order valence-corrected chi connectivity index (χ4v) is 2.99. The lowest BCUT2D eigenvalue weighted by Gasteiger charge is -2.27. The van der Waals surface area contributed by atoms with Gasteiger partial charge in [0.1, 0.15) is 6.04 Å². The number of H-pyrrole nitrogens is 1. The van der Waals surface area contributed by atoms with Crippen LogP contribution in [0.5, 0.6) is 0 Å². The number of aromatic nitrogens is 1. The van der Waals surface area contributed by atoms with Gasteiger partial charge in [0, 0.05) is 24.3 Å². The zero-order valence-corrected chi connectivity index (χ0v) is 12.1. The van der Waals surface area contributed by atoms with Crippen LogP contribution in [0.25, 0.3) is 10.9 Å². The Kier molecular flexibility index (Phi) is 3.49. The number of carbonyl (C=O) groups excluding carboxylic acids is 1. The summed E-state index contributed by atoms with van der Waals surface area (Å²) in [4.78, 5) is 20.1. The van der Waals surface area contributed by atoms with Crippen LogP contribution >= 0.6 is 0 Å². The van der Waals surface area contributed by atoms with Gasteiger partial charge in [-0.05, 0) is 44.5 Å². The molecule has 2 heterocycles. The first-order valence-corrected chi connectivity index (χ1v) is 7.19. The molecule has 1 aromatic heterocycles. The predicted molar refractivity (Wildman–Crippen MR) is 80.5 cm³/mol. The van der Waals surface area contributed by atoms with E-state index in [1.807, 2.05) is 42.1 Å². The molecule has 106 valence electrons. The second-order valence-electron chi connectivity index (χ2n) is 5.71. The number of nitrogens with zero attached hydrogens (tertiary/aromatic N) is 2. The molecule has 20 heavy (non-hydrogen) atoms. The van der Waals surface area contributed by atoms with Crippen molar-refractivity contribution in [3.8, 4) is 0 Å². The lowest BCUT2D eigenvalue weighted by molar-refractivity contribution is -0.135. The maximum absolute atomic E-state index is 12.7. The number of carbonyl (C=O) groups is 1. The van der Waals surface area contributed by atoms with Crippen LogP contribution in [-0.2, 0) is 4.79 Å². The molecule has 1 aromatic carbocycles. The van der Waals surface area contributed by atoms with Gasteiger partial charge in [-0.25, -0.2) is 0 Å². The minimum absolute atomic E-state index is 0.207. The molecule has 2 aromatic rings. The van der Waals surface area contributed by atoms with Crippen LogP contribution in [0.2, 0.25) is 0 Å². The van der Waals surface area contributed by atoms with Crippen molar-refractivity contribution >= 4 is 16.8 Å².